The predicted octanol–water partition coefficient (Wildman–Crippen LogP) is 3.90. The molecule has 1 heterocycles. The van der Waals surface area contributed by atoms with Gasteiger partial charge in [-0.25, -0.2) is 0 Å². The van der Waals surface area contributed by atoms with Gasteiger partial charge in [0.15, 0.2) is 0 Å². The van der Waals surface area contributed by atoms with Gasteiger partial charge in [-0.3, -0.25) is 14.3 Å². The third-order valence-corrected chi connectivity index (χ3v) is 4.85. The van der Waals surface area contributed by atoms with Crippen molar-refractivity contribution in [2.45, 2.75) is 0 Å². The van der Waals surface area contributed by atoms with E-state index in [0.717, 1.165) is 5.56 Å². The van der Waals surface area contributed by atoms with Gasteiger partial charge < -0.3 is 16.4 Å². The summed E-state index contributed by atoms with van der Waals surface area (Å²) >= 11 is 5.71. The third kappa shape index (κ3) is 5.98. The zero-order valence-electron chi connectivity index (χ0n) is 18.0. The van der Waals surface area contributed by atoms with Crippen molar-refractivity contribution >= 4 is 34.9 Å². The highest BCUT2D eigenvalue weighted by atomic mass is 35.5. The van der Waals surface area contributed by atoms with Gasteiger partial charge in [0.05, 0.1) is 17.8 Å². The van der Waals surface area contributed by atoms with E-state index in [1.165, 1.54) is 0 Å². The Morgan fingerprint density at radius 2 is 1.85 bits per heavy atom. The summed E-state index contributed by atoms with van der Waals surface area (Å²) in [6.07, 6.45) is 0. The van der Waals surface area contributed by atoms with Crippen LogP contribution in [0.5, 0.6) is 0 Å². The summed E-state index contributed by atoms with van der Waals surface area (Å²) in [7, 11) is 1.74. The van der Waals surface area contributed by atoms with Crippen molar-refractivity contribution in [3.63, 3.8) is 0 Å². The Bertz CT molecular complexity index is 1300. The van der Waals surface area contributed by atoms with E-state index in [2.05, 4.69) is 40.7 Å². The second kappa shape index (κ2) is 10.5. The summed E-state index contributed by atoms with van der Waals surface area (Å²) < 4.78 is 1.58. The topological polar surface area (TPSA) is 102 Å². The molecule has 0 aliphatic carbocycles. The molecule has 0 saturated heterocycles. The zero-order chi connectivity index (χ0) is 24.0. The summed E-state index contributed by atoms with van der Waals surface area (Å²) in [6.45, 7) is 7.33. The molecule has 33 heavy (non-hydrogen) atoms. The Kier molecular flexibility index (Phi) is 7.46. The summed E-state index contributed by atoms with van der Waals surface area (Å²) in [5, 5.41) is 10.1. The van der Waals surface area contributed by atoms with Crippen LogP contribution in [0.1, 0.15) is 15.9 Å². The van der Waals surface area contributed by atoms with E-state index in [1.807, 2.05) is 6.07 Å². The molecule has 0 saturated carbocycles. The van der Waals surface area contributed by atoms with Crippen LogP contribution < -0.4 is 16.4 Å². The van der Waals surface area contributed by atoms with Gasteiger partial charge in [0.2, 0.25) is 0 Å². The number of nitrogens with two attached hydrogens (primary N) is 1. The van der Waals surface area contributed by atoms with Gasteiger partial charge in [-0.1, -0.05) is 54.8 Å². The highest BCUT2D eigenvalue weighted by molar-refractivity contribution is 6.35. The van der Waals surface area contributed by atoms with E-state index in [9.17, 15) is 9.59 Å². The van der Waals surface area contributed by atoms with Crippen LogP contribution in [0.4, 0.5) is 11.5 Å². The Labute approximate surface area is 196 Å². The number of nitrogens with one attached hydrogen (secondary N) is 2. The Morgan fingerprint density at radius 3 is 2.52 bits per heavy atom. The van der Waals surface area contributed by atoms with E-state index >= 15 is 0 Å². The second-order valence-corrected chi connectivity index (χ2v) is 7.45. The number of rotatable bonds is 6. The van der Waals surface area contributed by atoms with Gasteiger partial charge in [0.1, 0.15) is 5.82 Å². The van der Waals surface area contributed by atoms with Crippen LogP contribution in [-0.2, 0) is 11.8 Å². The monoisotopic (exact) mass is 459 g/mol. The van der Waals surface area contributed by atoms with Crippen molar-refractivity contribution < 1.29 is 9.59 Å². The van der Waals surface area contributed by atoms with Crippen molar-refractivity contribution in [2.24, 2.45) is 12.8 Å². The number of benzene rings is 2. The number of carbonyl (C=O) groups excluding carboxylic acids is 2. The van der Waals surface area contributed by atoms with Gasteiger partial charge in [-0.2, -0.15) is 5.10 Å². The number of nitrogens with zero attached hydrogens (tertiary/aromatic N) is 2. The lowest BCUT2D eigenvalue weighted by molar-refractivity contribution is -0.112. The van der Waals surface area contributed by atoms with Crippen molar-refractivity contribution in [2.75, 3.05) is 17.2 Å². The maximum atomic E-state index is 12.7. The molecule has 8 heteroatoms. The van der Waals surface area contributed by atoms with E-state index in [-0.39, 0.29) is 23.1 Å². The summed E-state index contributed by atoms with van der Waals surface area (Å²) in [5.41, 5.74) is 8.73. The molecule has 0 aliphatic rings. The molecule has 2 amide bonds. The molecular formula is C25H22ClN5O2. The minimum absolute atomic E-state index is 0.0856. The lowest BCUT2D eigenvalue weighted by Crippen LogP contribution is -2.14. The van der Waals surface area contributed by atoms with E-state index < -0.39 is 5.91 Å². The van der Waals surface area contributed by atoms with Gasteiger partial charge in [-0.15, -0.1) is 0 Å². The van der Waals surface area contributed by atoms with Gasteiger partial charge in [0.25, 0.3) is 11.8 Å². The minimum Gasteiger partial charge on any atom is -0.322 e. The van der Waals surface area contributed by atoms with E-state index in [4.69, 9.17) is 17.3 Å². The third-order valence-electron chi connectivity index (χ3n) is 4.62. The van der Waals surface area contributed by atoms with Crippen molar-refractivity contribution in [1.29, 1.82) is 0 Å². The van der Waals surface area contributed by atoms with Crippen LogP contribution in [0.25, 0.3) is 11.3 Å². The van der Waals surface area contributed by atoms with Crippen LogP contribution >= 0.6 is 11.6 Å². The summed E-state index contributed by atoms with van der Waals surface area (Å²) in [5.74, 6) is 5.51. The SMILES string of the molecule is C=C(Cl)C(=C)C(=O)Nc1ccc(-c2cc(NC(=O)c3cccc(C#CCN)c3)n(C)n2)cc1. The highest BCUT2D eigenvalue weighted by Gasteiger charge is 2.13. The van der Waals surface area contributed by atoms with Crippen molar-refractivity contribution in [3.8, 4) is 23.1 Å². The highest BCUT2D eigenvalue weighted by Crippen LogP contribution is 2.24. The molecule has 3 aromatic rings. The normalized spacial score (nSPS) is 10.0. The van der Waals surface area contributed by atoms with Crippen LogP contribution in [0.2, 0.25) is 0 Å². The largest absolute Gasteiger partial charge is 0.322 e. The maximum Gasteiger partial charge on any atom is 0.256 e. The standard InChI is InChI=1S/C25H22ClN5O2/c1-16(17(2)26)24(32)28-21-11-9-19(10-12-21)22-15-23(31(3)30-22)29-25(33)20-8-4-6-18(14-20)7-5-13-27/h4,6,8-12,14-15H,1-2,13,27H2,3H3,(H,28,32)(H,29,33). The molecule has 4 N–H and O–H groups in total. The average molecular weight is 460 g/mol. The molecule has 166 valence electrons. The quantitative estimate of drug-likeness (QED) is 0.295. The number of halogens is 1. The molecular weight excluding hydrogens is 438 g/mol. The minimum atomic E-state index is -0.427. The number of hydrogen-bond acceptors (Lipinski definition) is 4. The fourth-order valence-electron chi connectivity index (χ4n) is 2.86. The molecule has 7 nitrogen and oxygen atoms in total. The molecule has 3 rings (SSSR count). The van der Waals surface area contributed by atoms with Crippen LogP contribution in [-0.4, -0.2) is 28.1 Å². The maximum absolute atomic E-state index is 12.7. The number of carbonyl (C=O) groups is 2. The lowest BCUT2D eigenvalue weighted by Gasteiger charge is -2.07. The van der Waals surface area contributed by atoms with Crippen molar-refractivity contribution in [3.05, 3.63) is 89.5 Å². The summed E-state index contributed by atoms with van der Waals surface area (Å²) in [4.78, 5) is 24.7. The molecule has 1 aromatic heterocycles. The molecule has 0 atom stereocenters. The smallest absolute Gasteiger partial charge is 0.256 e. The number of hydrogen-bond donors (Lipinski definition) is 3. The van der Waals surface area contributed by atoms with Gasteiger partial charge >= 0.3 is 0 Å². The van der Waals surface area contributed by atoms with E-state index in [1.54, 1.807) is 60.3 Å². The van der Waals surface area contributed by atoms with Gasteiger partial charge in [0, 0.05) is 40.5 Å². The molecule has 0 bridgehead atoms. The first-order chi connectivity index (χ1) is 15.8. The average Bonchev–Trinajstić information content (AvgIpc) is 3.17. The lowest BCUT2D eigenvalue weighted by atomic mass is 10.1. The van der Waals surface area contributed by atoms with E-state index in [0.29, 0.717) is 28.3 Å². The van der Waals surface area contributed by atoms with Crippen LogP contribution in [0.3, 0.4) is 0 Å². The molecule has 0 radical (unpaired) electrons. The first-order valence-corrected chi connectivity index (χ1v) is 10.3. The zero-order valence-corrected chi connectivity index (χ0v) is 18.7. The Morgan fingerprint density at radius 1 is 1.12 bits per heavy atom. The number of aromatic nitrogens is 2. The molecule has 2 aromatic carbocycles. The number of aryl methyl sites for hydroxylation is 1. The fraction of sp³-hybridized carbons (Fsp3) is 0.0800. The fourth-order valence-corrected chi connectivity index (χ4v) is 2.94. The number of amides is 2. The Hall–Kier alpha value is -4.12. The summed E-state index contributed by atoms with van der Waals surface area (Å²) in [6, 6.07) is 15.8. The second-order valence-electron chi connectivity index (χ2n) is 6.99. The predicted molar refractivity (Wildman–Crippen MR) is 132 cm³/mol. The number of anilines is 2. The molecule has 0 unspecified atom stereocenters. The molecule has 0 aliphatic heterocycles. The first-order valence-electron chi connectivity index (χ1n) is 9.88. The molecule has 0 spiro atoms. The molecule has 0 fully saturated rings. The van der Waals surface area contributed by atoms with Crippen LogP contribution in [0.15, 0.2) is 78.4 Å². The van der Waals surface area contributed by atoms with Gasteiger partial charge in [-0.05, 0) is 30.3 Å². The Balaban J connectivity index is 1.72. The van der Waals surface area contributed by atoms with Crippen molar-refractivity contribution in [1.82, 2.24) is 9.78 Å². The van der Waals surface area contributed by atoms with Crippen LogP contribution in [0, 0.1) is 11.8 Å². The first kappa shape index (κ1) is 23.5.